The lowest BCUT2D eigenvalue weighted by Crippen LogP contribution is -2.10. The molecule has 0 aliphatic carbocycles. The van der Waals surface area contributed by atoms with E-state index >= 15 is 0 Å². The molecule has 114 valence electrons. The third-order valence-corrected chi connectivity index (χ3v) is 6.99. The Bertz CT molecular complexity index is 582. The molecule has 21 heavy (non-hydrogen) atoms. The molecule has 0 amide bonds. The molecule has 0 spiro atoms. The van der Waals surface area contributed by atoms with Crippen LogP contribution in [0.3, 0.4) is 0 Å². The van der Waals surface area contributed by atoms with E-state index in [-0.39, 0.29) is 12.4 Å². The number of benzene rings is 1. The van der Waals surface area contributed by atoms with Crippen LogP contribution in [-0.4, -0.2) is 23.7 Å². The van der Waals surface area contributed by atoms with Gasteiger partial charge >= 0.3 is 11.9 Å². The zero-order valence-corrected chi connectivity index (χ0v) is 17.6. The van der Waals surface area contributed by atoms with E-state index in [9.17, 15) is 9.59 Å². The van der Waals surface area contributed by atoms with E-state index in [1.165, 1.54) is 6.08 Å². The Balaban J connectivity index is 2.86. The van der Waals surface area contributed by atoms with Gasteiger partial charge in [-0.25, -0.2) is 4.79 Å². The Hall–Kier alpha value is 0.0900. The molecule has 0 atom stereocenters. The van der Waals surface area contributed by atoms with Crippen LogP contribution in [0, 0.1) is 10.7 Å². The first-order valence-corrected chi connectivity index (χ1v) is 9.27. The van der Waals surface area contributed by atoms with Gasteiger partial charge < -0.3 is 9.84 Å². The molecule has 0 heterocycles. The summed E-state index contributed by atoms with van der Waals surface area (Å²) in [5, 5.41) is 8.92. The summed E-state index contributed by atoms with van der Waals surface area (Å²) in [6.45, 7) is 2.07. The van der Waals surface area contributed by atoms with Gasteiger partial charge in [-0.05, 0) is 91.9 Å². The molecule has 0 bridgehead atoms. The van der Waals surface area contributed by atoms with E-state index in [0.29, 0.717) is 13.0 Å². The van der Waals surface area contributed by atoms with Gasteiger partial charge in [0.25, 0.3) is 0 Å². The maximum absolute atomic E-state index is 11.3. The molecule has 1 aromatic rings. The number of carboxylic acids is 1. The van der Waals surface area contributed by atoms with Gasteiger partial charge in [-0.2, -0.15) is 0 Å². The minimum Gasteiger partial charge on any atom is -0.481 e. The van der Waals surface area contributed by atoms with E-state index in [4.69, 9.17) is 9.84 Å². The van der Waals surface area contributed by atoms with Gasteiger partial charge in [0.15, 0.2) is 0 Å². The molecule has 1 aromatic carbocycles. The lowest BCUT2D eigenvalue weighted by atomic mass is 10.1. The van der Waals surface area contributed by atoms with Gasteiger partial charge in [0.1, 0.15) is 0 Å². The summed E-state index contributed by atoms with van der Waals surface area (Å²) in [7, 11) is 0. The standard InChI is InChI=1S/C14H13I3O4/c1-2-3-12(20)21-5-4-9-10(15)6-8(7-11(18)19)13(16)14(9)17/h2-3,6H,4-5,7H2,1H3,(H,18,19). The number of carbonyl (C=O) groups excluding carboxylic acids is 1. The van der Waals surface area contributed by atoms with Crippen LogP contribution in [0.2, 0.25) is 0 Å². The molecule has 0 aliphatic rings. The minimum absolute atomic E-state index is 0.0147. The summed E-state index contributed by atoms with van der Waals surface area (Å²) in [4.78, 5) is 22.1. The van der Waals surface area contributed by atoms with Crippen molar-refractivity contribution in [2.24, 2.45) is 0 Å². The Morgan fingerprint density at radius 1 is 1.29 bits per heavy atom. The molecule has 4 nitrogen and oxygen atoms in total. The molecule has 0 saturated heterocycles. The van der Waals surface area contributed by atoms with Crippen molar-refractivity contribution in [2.45, 2.75) is 19.8 Å². The molecule has 0 radical (unpaired) electrons. The van der Waals surface area contributed by atoms with Crippen LogP contribution < -0.4 is 0 Å². The average Bonchev–Trinajstić information content (AvgIpc) is 2.39. The van der Waals surface area contributed by atoms with Crippen LogP contribution >= 0.6 is 67.8 Å². The number of ether oxygens (including phenoxy) is 1. The van der Waals surface area contributed by atoms with Crippen molar-refractivity contribution in [1.29, 1.82) is 0 Å². The van der Waals surface area contributed by atoms with Gasteiger partial charge in [-0.15, -0.1) is 0 Å². The van der Waals surface area contributed by atoms with Crippen molar-refractivity contribution in [2.75, 3.05) is 6.61 Å². The van der Waals surface area contributed by atoms with Crippen molar-refractivity contribution >= 4 is 79.7 Å². The number of carboxylic acid groups (broad SMARTS) is 1. The highest BCUT2D eigenvalue weighted by Gasteiger charge is 2.15. The molecular weight excluding hydrogens is 613 g/mol. The summed E-state index contributed by atoms with van der Waals surface area (Å²) in [5.41, 5.74) is 1.90. The zero-order chi connectivity index (χ0) is 16.0. The van der Waals surface area contributed by atoms with E-state index in [1.54, 1.807) is 13.0 Å². The second-order valence-electron chi connectivity index (χ2n) is 4.11. The molecule has 0 aromatic heterocycles. The number of rotatable bonds is 6. The van der Waals surface area contributed by atoms with E-state index in [0.717, 1.165) is 21.8 Å². The van der Waals surface area contributed by atoms with Crippen molar-refractivity contribution in [1.82, 2.24) is 0 Å². The van der Waals surface area contributed by atoms with E-state index < -0.39 is 5.97 Å². The highest BCUT2D eigenvalue weighted by atomic mass is 127. The predicted octanol–water partition coefficient (Wildman–Crippen LogP) is 3.79. The number of hydrogen-bond acceptors (Lipinski definition) is 3. The van der Waals surface area contributed by atoms with Gasteiger partial charge in [0.05, 0.1) is 13.0 Å². The number of esters is 1. The van der Waals surface area contributed by atoms with Crippen LogP contribution in [0.15, 0.2) is 18.2 Å². The molecular formula is C14H13I3O4. The van der Waals surface area contributed by atoms with E-state index in [1.807, 2.05) is 6.07 Å². The number of hydrogen-bond donors (Lipinski definition) is 1. The molecule has 1 rings (SSSR count). The highest BCUT2D eigenvalue weighted by Crippen LogP contribution is 2.28. The Kier molecular flexibility index (Phi) is 8.46. The number of allylic oxidation sites excluding steroid dienone is 1. The lowest BCUT2D eigenvalue weighted by Gasteiger charge is -2.13. The van der Waals surface area contributed by atoms with Crippen LogP contribution in [0.1, 0.15) is 18.1 Å². The van der Waals surface area contributed by atoms with Crippen LogP contribution in [-0.2, 0) is 27.2 Å². The third kappa shape index (κ3) is 6.00. The smallest absolute Gasteiger partial charge is 0.330 e. The predicted molar refractivity (Wildman–Crippen MR) is 105 cm³/mol. The second-order valence-corrected chi connectivity index (χ2v) is 7.43. The largest absolute Gasteiger partial charge is 0.481 e. The van der Waals surface area contributed by atoms with E-state index in [2.05, 4.69) is 67.8 Å². The Labute approximate surface area is 164 Å². The average molecular weight is 626 g/mol. The maximum Gasteiger partial charge on any atom is 0.330 e. The summed E-state index contributed by atoms with van der Waals surface area (Å²) in [5.74, 6) is -1.19. The summed E-state index contributed by atoms with van der Waals surface area (Å²) >= 11 is 6.58. The number of aliphatic carboxylic acids is 1. The molecule has 0 saturated carbocycles. The van der Waals surface area contributed by atoms with Crippen molar-refractivity contribution < 1.29 is 19.4 Å². The first-order valence-electron chi connectivity index (χ1n) is 6.03. The molecule has 0 unspecified atom stereocenters. The monoisotopic (exact) mass is 626 g/mol. The summed E-state index contributed by atoms with van der Waals surface area (Å²) < 4.78 is 8.07. The summed E-state index contributed by atoms with van der Waals surface area (Å²) in [6, 6.07) is 1.89. The van der Waals surface area contributed by atoms with Crippen molar-refractivity contribution in [3.05, 3.63) is 40.1 Å². The van der Waals surface area contributed by atoms with Crippen LogP contribution in [0.4, 0.5) is 0 Å². The molecule has 0 fully saturated rings. The molecule has 7 heteroatoms. The van der Waals surface area contributed by atoms with Crippen molar-refractivity contribution in [3.8, 4) is 0 Å². The molecule has 0 aliphatic heterocycles. The van der Waals surface area contributed by atoms with Gasteiger partial charge in [-0.1, -0.05) is 6.08 Å². The fourth-order valence-corrected chi connectivity index (χ4v) is 4.65. The zero-order valence-electron chi connectivity index (χ0n) is 11.2. The number of carbonyl (C=O) groups is 2. The minimum atomic E-state index is -0.840. The van der Waals surface area contributed by atoms with Crippen LogP contribution in [0.25, 0.3) is 0 Å². The summed E-state index contributed by atoms with van der Waals surface area (Å²) in [6.07, 6.45) is 3.65. The first-order chi connectivity index (χ1) is 9.86. The number of halogens is 3. The normalized spacial score (nSPS) is 10.9. The quantitative estimate of drug-likeness (QED) is 0.226. The Morgan fingerprint density at radius 3 is 2.52 bits per heavy atom. The lowest BCUT2D eigenvalue weighted by molar-refractivity contribution is -0.138. The first kappa shape index (κ1) is 19.1. The third-order valence-electron chi connectivity index (χ3n) is 2.57. The fraction of sp³-hybridized carbons (Fsp3) is 0.286. The SMILES string of the molecule is CC=CC(=O)OCCc1c(I)cc(CC(=O)O)c(I)c1I. The van der Waals surface area contributed by atoms with Crippen molar-refractivity contribution in [3.63, 3.8) is 0 Å². The highest BCUT2D eigenvalue weighted by molar-refractivity contribution is 14.1. The Morgan fingerprint density at radius 2 is 1.95 bits per heavy atom. The second kappa shape index (κ2) is 9.28. The van der Waals surface area contributed by atoms with Crippen LogP contribution in [0.5, 0.6) is 0 Å². The van der Waals surface area contributed by atoms with Gasteiger partial charge in [-0.3, -0.25) is 4.79 Å². The van der Waals surface area contributed by atoms with Gasteiger partial charge in [0, 0.05) is 23.2 Å². The van der Waals surface area contributed by atoms with Gasteiger partial charge in [0.2, 0.25) is 0 Å². The molecule has 1 N–H and O–H groups in total. The topological polar surface area (TPSA) is 63.6 Å². The maximum atomic E-state index is 11.3. The fourth-order valence-electron chi connectivity index (χ4n) is 1.64.